The third-order valence-corrected chi connectivity index (χ3v) is 4.98. The second-order valence-electron chi connectivity index (χ2n) is 7.67. The zero-order valence-corrected chi connectivity index (χ0v) is 18.8. The lowest BCUT2D eigenvalue weighted by atomic mass is 10.0. The molecular formula is C24H27F3N4O3. The first-order valence-corrected chi connectivity index (χ1v) is 10.9. The van der Waals surface area contributed by atoms with Gasteiger partial charge in [0.05, 0.1) is 31.1 Å². The number of nitrogens with zero attached hydrogens (tertiary/aromatic N) is 3. The molecule has 0 aliphatic heterocycles. The number of rotatable bonds is 13. The summed E-state index contributed by atoms with van der Waals surface area (Å²) < 4.78 is 43.9. The number of fused-ring (bicyclic) bond motifs is 1. The molecule has 1 aromatic carbocycles. The second kappa shape index (κ2) is 12.3. The molecule has 0 saturated carbocycles. The second-order valence-corrected chi connectivity index (χ2v) is 7.67. The summed E-state index contributed by atoms with van der Waals surface area (Å²) in [6.45, 7) is 2.49. The molecule has 0 unspecified atom stereocenters. The van der Waals surface area contributed by atoms with Gasteiger partial charge in [0.25, 0.3) is 0 Å². The van der Waals surface area contributed by atoms with Crippen molar-refractivity contribution in [3.8, 4) is 11.3 Å². The van der Waals surface area contributed by atoms with E-state index in [9.17, 15) is 18.0 Å². The number of imidazole rings is 1. The molecule has 3 rings (SSSR count). The molecule has 0 spiro atoms. The predicted octanol–water partition coefficient (Wildman–Crippen LogP) is 4.04. The van der Waals surface area contributed by atoms with Gasteiger partial charge in [0.15, 0.2) is 0 Å². The van der Waals surface area contributed by atoms with Crippen LogP contribution >= 0.6 is 0 Å². The molecule has 34 heavy (non-hydrogen) atoms. The highest BCUT2D eigenvalue weighted by Crippen LogP contribution is 2.24. The SMILES string of the molecule is COCCNCCO/N=C\c1ccn2c(-c3cccc(CC(=O)CCC(F)(F)F)c3)cnc2c1. The Morgan fingerprint density at radius 1 is 1.21 bits per heavy atom. The molecule has 10 heteroatoms. The van der Waals surface area contributed by atoms with Gasteiger partial charge in [0, 0.05) is 50.4 Å². The fourth-order valence-electron chi connectivity index (χ4n) is 3.30. The van der Waals surface area contributed by atoms with E-state index in [4.69, 9.17) is 9.57 Å². The van der Waals surface area contributed by atoms with E-state index in [0.717, 1.165) is 23.4 Å². The van der Waals surface area contributed by atoms with Crippen LogP contribution in [0.5, 0.6) is 0 Å². The predicted molar refractivity (Wildman–Crippen MR) is 123 cm³/mol. The number of hydrogen-bond donors (Lipinski definition) is 1. The summed E-state index contributed by atoms with van der Waals surface area (Å²) in [6.07, 6.45) is -0.803. The van der Waals surface area contributed by atoms with Crippen LogP contribution in [0.3, 0.4) is 0 Å². The molecule has 0 radical (unpaired) electrons. The molecule has 0 aliphatic rings. The molecule has 0 amide bonds. The first-order valence-electron chi connectivity index (χ1n) is 10.9. The number of nitrogens with one attached hydrogen (secondary N) is 1. The summed E-state index contributed by atoms with van der Waals surface area (Å²) in [7, 11) is 1.65. The van der Waals surface area contributed by atoms with E-state index < -0.39 is 24.8 Å². The zero-order chi connectivity index (χ0) is 24.4. The summed E-state index contributed by atoms with van der Waals surface area (Å²) in [6, 6.07) is 10.9. The number of methoxy groups -OCH3 is 1. The number of hydrogen-bond acceptors (Lipinski definition) is 6. The number of halogens is 3. The highest BCUT2D eigenvalue weighted by Gasteiger charge is 2.27. The van der Waals surface area contributed by atoms with E-state index in [0.29, 0.717) is 31.0 Å². The minimum Gasteiger partial charge on any atom is -0.394 e. The van der Waals surface area contributed by atoms with Crippen LogP contribution in [0.15, 0.2) is 53.9 Å². The maximum absolute atomic E-state index is 12.4. The largest absolute Gasteiger partial charge is 0.394 e. The Bertz CT molecular complexity index is 1110. The summed E-state index contributed by atoms with van der Waals surface area (Å²) in [5.41, 5.74) is 3.81. The highest BCUT2D eigenvalue weighted by molar-refractivity contribution is 5.82. The van der Waals surface area contributed by atoms with Gasteiger partial charge < -0.3 is 14.9 Å². The molecule has 2 aromatic heterocycles. The summed E-state index contributed by atoms with van der Waals surface area (Å²) in [4.78, 5) is 21.6. The van der Waals surface area contributed by atoms with Crippen LogP contribution in [0.25, 0.3) is 16.9 Å². The van der Waals surface area contributed by atoms with Gasteiger partial charge in [-0.05, 0) is 23.8 Å². The number of alkyl halides is 3. The van der Waals surface area contributed by atoms with Gasteiger partial charge in [-0.25, -0.2) is 4.98 Å². The Balaban J connectivity index is 1.61. The topological polar surface area (TPSA) is 77.2 Å². The number of pyridine rings is 1. The lowest BCUT2D eigenvalue weighted by Gasteiger charge is -2.07. The van der Waals surface area contributed by atoms with Crippen molar-refractivity contribution in [1.82, 2.24) is 14.7 Å². The lowest BCUT2D eigenvalue weighted by molar-refractivity contribution is -0.143. The van der Waals surface area contributed by atoms with E-state index >= 15 is 0 Å². The van der Waals surface area contributed by atoms with Crippen LogP contribution in [0.4, 0.5) is 13.2 Å². The summed E-state index contributed by atoms with van der Waals surface area (Å²) in [5, 5.41) is 7.12. The van der Waals surface area contributed by atoms with Gasteiger partial charge in [-0.2, -0.15) is 13.2 Å². The standard InChI is InChI=1S/C24H27F3N4O3/c1-33-11-8-28-9-12-34-30-16-19-6-10-31-22(17-29-23(31)15-19)20-4-2-3-18(13-20)14-21(32)5-7-24(25,26)27/h2-4,6,10,13,15-17,28H,5,7-9,11-12,14H2,1H3/b30-16-. The minimum absolute atomic E-state index is 0.0385. The normalized spacial score (nSPS) is 12.0. The van der Waals surface area contributed by atoms with Gasteiger partial charge in [0.2, 0.25) is 0 Å². The van der Waals surface area contributed by atoms with Crippen molar-refractivity contribution < 1.29 is 27.5 Å². The van der Waals surface area contributed by atoms with Crippen LogP contribution in [0, 0.1) is 0 Å². The number of ether oxygens (including phenoxy) is 1. The van der Waals surface area contributed by atoms with Gasteiger partial charge in [0.1, 0.15) is 18.0 Å². The third-order valence-electron chi connectivity index (χ3n) is 4.98. The van der Waals surface area contributed by atoms with Crippen molar-refractivity contribution in [1.29, 1.82) is 0 Å². The molecule has 0 saturated heterocycles. The van der Waals surface area contributed by atoms with E-state index in [2.05, 4.69) is 15.5 Å². The van der Waals surface area contributed by atoms with Crippen molar-refractivity contribution in [2.45, 2.75) is 25.4 Å². The van der Waals surface area contributed by atoms with E-state index in [-0.39, 0.29) is 6.42 Å². The van der Waals surface area contributed by atoms with Crippen LogP contribution in [-0.4, -0.2) is 61.0 Å². The Hall–Kier alpha value is -3.24. The van der Waals surface area contributed by atoms with Crippen LogP contribution < -0.4 is 5.32 Å². The maximum atomic E-state index is 12.4. The highest BCUT2D eigenvalue weighted by atomic mass is 19.4. The first kappa shape index (κ1) is 25.4. The monoisotopic (exact) mass is 476 g/mol. The number of benzene rings is 1. The number of oxime groups is 1. The molecule has 182 valence electrons. The van der Waals surface area contributed by atoms with Crippen LogP contribution in [0.1, 0.15) is 24.0 Å². The maximum Gasteiger partial charge on any atom is 0.389 e. The zero-order valence-electron chi connectivity index (χ0n) is 18.8. The van der Waals surface area contributed by atoms with Gasteiger partial charge >= 0.3 is 6.18 Å². The Morgan fingerprint density at radius 2 is 2.03 bits per heavy atom. The van der Waals surface area contributed by atoms with Gasteiger partial charge in [-0.1, -0.05) is 23.4 Å². The number of carbonyl (C=O) groups excluding carboxylic acids is 1. The Morgan fingerprint density at radius 3 is 2.82 bits per heavy atom. The average Bonchev–Trinajstić information content (AvgIpc) is 3.22. The minimum atomic E-state index is -4.33. The Labute approximate surface area is 195 Å². The van der Waals surface area contributed by atoms with E-state index in [1.807, 2.05) is 28.8 Å². The first-order chi connectivity index (χ1) is 16.4. The van der Waals surface area contributed by atoms with Crippen molar-refractivity contribution in [3.05, 3.63) is 59.9 Å². The molecule has 0 bridgehead atoms. The number of ketones is 1. The molecule has 3 aromatic rings. The van der Waals surface area contributed by atoms with Crippen molar-refractivity contribution in [3.63, 3.8) is 0 Å². The number of carbonyl (C=O) groups is 1. The number of aromatic nitrogens is 2. The molecule has 1 N–H and O–H groups in total. The third kappa shape index (κ3) is 7.96. The van der Waals surface area contributed by atoms with Gasteiger partial charge in [-0.3, -0.25) is 9.20 Å². The quantitative estimate of drug-likeness (QED) is 0.229. The van der Waals surface area contributed by atoms with Crippen molar-refractivity contribution >= 4 is 17.6 Å². The molecule has 7 nitrogen and oxygen atoms in total. The molecule has 2 heterocycles. The molecular weight excluding hydrogens is 449 g/mol. The van der Waals surface area contributed by atoms with Crippen LogP contribution in [0.2, 0.25) is 0 Å². The molecule has 0 atom stereocenters. The van der Waals surface area contributed by atoms with Crippen LogP contribution in [-0.2, 0) is 20.8 Å². The van der Waals surface area contributed by atoms with Crippen molar-refractivity contribution in [2.75, 3.05) is 33.4 Å². The smallest absolute Gasteiger partial charge is 0.389 e. The fraction of sp³-hybridized carbons (Fsp3) is 0.375. The molecule has 0 fully saturated rings. The molecule has 0 aliphatic carbocycles. The van der Waals surface area contributed by atoms with E-state index in [1.54, 1.807) is 37.7 Å². The average molecular weight is 476 g/mol. The fourth-order valence-corrected chi connectivity index (χ4v) is 3.30. The summed E-state index contributed by atoms with van der Waals surface area (Å²) >= 11 is 0. The lowest BCUT2D eigenvalue weighted by Crippen LogP contribution is -2.23. The summed E-state index contributed by atoms with van der Waals surface area (Å²) in [5.74, 6) is -0.440. The number of Topliss-reactive ketones (excluding diaryl/α,β-unsaturated/α-hetero) is 1. The van der Waals surface area contributed by atoms with Gasteiger partial charge in [-0.15, -0.1) is 0 Å². The van der Waals surface area contributed by atoms with E-state index in [1.165, 1.54) is 0 Å². The Kier molecular flexibility index (Phi) is 9.17. The van der Waals surface area contributed by atoms with Crippen molar-refractivity contribution in [2.24, 2.45) is 5.16 Å².